The first kappa shape index (κ1) is 24.0. The summed E-state index contributed by atoms with van der Waals surface area (Å²) in [6.07, 6.45) is 6.13. The molecule has 0 fully saturated rings. The summed E-state index contributed by atoms with van der Waals surface area (Å²) in [4.78, 5) is 44.1. The predicted molar refractivity (Wildman–Crippen MR) is 140 cm³/mol. The number of amides is 2. The average Bonchev–Trinajstić information content (AvgIpc) is 3.27. The van der Waals surface area contributed by atoms with Gasteiger partial charge in [0.1, 0.15) is 33.6 Å². The van der Waals surface area contributed by atoms with Gasteiger partial charge >= 0.3 is 0 Å². The molecule has 1 aliphatic carbocycles. The van der Waals surface area contributed by atoms with E-state index in [4.69, 9.17) is 10.5 Å². The lowest BCUT2D eigenvalue weighted by Crippen LogP contribution is -2.21. The zero-order chi connectivity index (χ0) is 25.9. The number of rotatable bonds is 6. The molecule has 0 saturated heterocycles. The molecule has 1 aromatic carbocycles. The number of hydrogen-bond acceptors (Lipinski definition) is 7. The highest BCUT2D eigenvalue weighted by Gasteiger charge is 2.26. The lowest BCUT2D eigenvalue weighted by Gasteiger charge is -2.11. The number of ether oxygens (including phenoxy) is 1. The highest BCUT2D eigenvalue weighted by Crippen LogP contribution is 2.38. The number of anilines is 1. The van der Waals surface area contributed by atoms with Gasteiger partial charge in [0.25, 0.3) is 17.4 Å². The van der Waals surface area contributed by atoms with Crippen molar-refractivity contribution in [1.82, 2.24) is 9.38 Å². The van der Waals surface area contributed by atoms with E-state index in [0.717, 1.165) is 35.8 Å². The van der Waals surface area contributed by atoms with E-state index in [1.165, 1.54) is 21.9 Å². The van der Waals surface area contributed by atoms with Gasteiger partial charge in [0.2, 0.25) is 5.88 Å². The summed E-state index contributed by atoms with van der Waals surface area (Å²) in [5.74, 6) is -1.02. The smallest absolute Gasteiger partial charge is 0.269 e. The van der Waals surface area contributed by atoms with E-state index >= 15 is 0 Å². The van der Waals surface area contributed by atoms with E-state index in [0.29, 0.717) is 22.8 Å². The van der Waals surface area contributed by atoms with Crippen LogP contribution in [-0.4, -0.2) is 21.2 Å². The van der Waals surface area contributed by atoms with Gasteiger partial charge in [-0.05, 0) is 61.6 Å². The van der Waals surface area contributed by atoms with Crippen LogP contribution >= 0.6 is 11.3 Å². The number of benzene rings is 1. The Kier molecular flexibility index (Phi) is 6.53. The van der Waals surface area contributed by atoms with E-state index in [-0.39, 0.29) is 22.6 Å². The van der Waals surface area contributed by atoms with Gasteiger partial charge in [0, 0.05) is 11.1 Å². The van der Waals surface area contributed by atoms with Crippen LogP contribution in [0, 0.1) is 11.3 Å². The third-order valence-electron chi connectivity index (χ3n) is 5.99. The van der Waals surface area contributed by atoms with Crippen LogP contribution in [-0.2, 0) is 17.6 Å². The summed E-state index contributed by atoms with van der Waals surface area (Å²) in [5, 5.41) is 12.8. The number of nitrogens with one attached hydrogen (secondary N) is 1. The molecule has 0 unspecified atom stereocenters. The molecule has 0 radical (unpaired) electrons. The standard InChI is InChI=1S/C27H21N5O4S/c28-15-16(24(34)31-26-22(23(29)33)18-10-4-5-11-20(18)37-26)14-19-25(36-17-8-2-1-3-9-17)30-21-12-6-7-13-32(21)27(19)35/h1-3,6-9,12-14H,4-5,10-11H2,(H2,29,33)(H,31,34)/b16-14+. The summed E-state index contributed by atoms with van der Waals surface area (Å²) in [6, 6.07) is 15.7. The molecular formula is C27H21N5O4S. The Labute approximate surface area is 215 Å². The molecular weight excluding hydrogens is 490 g/mol. The SMILES string of the molecule is N#C/C(=C\c1c(Oc2ccccc2)nc2ccccn2c1=O)C(=O)Nc1sc2c(c1C(N)=O)CCCC2. The first-order valence-corrected chi connectivity index (χ1v) is 12.4. The maximum Gasteiger partial charge on any atom is 0.269 e. The second-order valence-electron chi connectivity index (χ2n) is 8.38. The monoisotopic (exact) mass is 511 g/mol. The van der Waals surface area contributed by atoms with Crippen LogP contribution in [0.15, 0.2) is 65.1 Å². The highest BCUT2D eigenvalue weighted by molar-refractivity contribution is 7.17. The number of aryl methyl sites for hydroxylation is 1. The molecule has 1 aliphatic rings. The van der Waals surface area contributed by atoms with Crippen molar-refractivity contribution in [2.75, 3.05) is 5.32 Å². The quantitative estimate of drug-likeness (QED) is 0.295. The number of nitriles is 1. The molecule has 0 spiro atoms. The zero-order valence-corrected chi connectivity index (χ0v) is 20.4. The van der Waals surface area contributed by atoms with Gasteiger partial charge in [0.05, 0.1) is 5.56 Å². The fourth-order valence-corrected chi connectivity index (χ4v) is 5.55. The molecule has 2 amide bonds. The molecule has 0 bridgehead atoms. The van der Waals surface area contributed by atoms with Crippen molar-refractivity contribution in [3.05, 3.63) is 92.2 Å². The van der Waals surface area contributed by atoms with Gasteiger partial charge in [-0.3, -0.25) is 18.8 Å². The molecule has 9 nitrogen and oxygen atoms in total. The molecule has 3 N–H and O–H groups in total. The number of nitrogens with zero attached hydrogens (tertiary/aromatic N) is 3. The lowest BCUT2D eigenvalue weighted by atomic mass is 9.95. The van der Waals surface area contributed by atoms with Crippen molar-refractivity contribution in [2.45, 2.75) is 25.7 Å². The van der Waals surface area contributed by atoms with Crippen LogP contribution in [0.5, 0.6) is 11.6 Å². The van der Waals surface area contributed by atoms with Crippen molar-refractivity contribution in [1.29, 1.82) is 5.26 Å². The number of fused-ring (bicyclic) bond motifs is 2. The van der Waals surface area contributed by atoms with Gasteiger partial charge in [-0.15, -0.1) is 11.3 Å². The van der Waals surface area contributed by atoms with E-state index in [1.54, 1.807) is 42.5 Å². The molecule has 5 rings (SSSR count). The van der Waals surface area contributed by atoms with E-state index in [9.17, 15) is 19.6 Å². The minimum atomic E-state index is -0.771. The van der Waals surface area contributed by atoms with Crippen LogP contribution in [0.1, 0.15) is 39.2 Å². The van der Waals surface area contributed by atoms with Crippen molar-refractivity contribution in [3.8, 4) is 17.7 Å². The Morgan fingerprint density at radius 1 is 1.14 bits per heavy atom. The predicted octanol–water partition coefficient (Wildman–Crippen LogP) is 4.07. The van der Waals surface area contributed by atoms with E-state index < -0.39 is 17.4 Å². The Morgan fingerprint density at radius 3 is 2.65 bits per heavy atom. The lowest BCUT2D eigenvalue weighted by molar-refractivity contribution is -0.112. The third-order valence-corrected chi connectivity index (χ3v) is 7.20. The topological polar surface area (TPSA) is 140 Å². The summed E-state index contributed by atoms with van der Waals surface area (Å²) in [5.41, 5.74) is 6.17. The molecule has 184 valence electrons. The number of primary amides is 1. The second-order valence-corrected chi connectivity index (χ2v) is 9.49. The fraction of sp³-hybridized carbons (Fsp3) is 0.148. The number of carbonyl (C=O) groups excluding carboxylic acids is 2. The van der Waals surface area contributed by atoms with E-state index in [2.05, 4.69) is 10.3 Å². The molecule has 3 heterocycles. The fourth-order valence-electron chi connectivity index (χ4n) is 4.26. The van der Waals surface area contributed by atoms with Gasteiger partial charge in [-0.1, -0.05) is 24.3 Å². The van der Waals surface area contributed by atoms with Crippen LogP contribution in [0.4, 0.5) is 5.00 Å². The number of pyridine rings is 1. The summed E-state index contributed by atoms with van der Waals surface area (Å²) >= 11 is 1.29. The van der Waals surface area contributed by atoms with Gasteiger partial charge in [-0.25, -0.2) is 0 Å². The van der Waals surface area contributed by atoms with Crippen molar-refractivity contribution >= 4 is 39.9 Å². The molecule has 0 saturated carbocycles. The number of para-hydroxylation sites is 1. The zero-order valence-electron chi connectivity index (χ0n) is 19.6. The first-order valence-electron chi connectivity index (χ1n) is 11.6. The minimum Gasteiger partial charge on any atom is -0.438 e. The van der Waals surface area contributed by atoms with Gasteiger partial charge < -0.3 is 15.8 Å². The summed E-state index contributed by atoms with van der Waals surface area (Å²) in [6.45, 7) is 0. The second kappa shape index (κ2) is 10.1. The van der Waals surface area contributed by atoms with Crippen molar-refractivity contribution in [2.24, 2.45) is 5.73 Å². The average molecular weight is 512 g/mol. The van der Waals surface area contributed by atoms with Crippen LogP contribution in [0.3, 0.4) is 0 Å². The Balaban J connectivity index is 1.57. The minimum absolute atomic E-state index is 0.0487. The number of aromatic nitrogens is 2. The van der Waals surface area contributed by atoms with Crippen LogP contribution in [0.25, 0.3) is 11.7 Å². The van der Waals surface area contributed by atoms with E-state index in [1.807, 2.05) is 12.1 Å². The summed E-state index contributed by atoms with van der Waals surface area (Å²) < 4.78 is 7.18. The van der Waals surface area contributed by atoms with Crippen molar-refractivity contribution in [3.63, 3.8) is 0 Å². The summed E-state index contributed by atoms with van der Waals surface area (Å²) in [7, 11) is 0. The Bertz CT molecular complexity index is 1660. The molecule has 0 aliphatic heterocycles. The maximum absolute atomic E-state index is 13.3. The van der Waals surface area contributed by atoms with Crippen LogP contribution < -0.4 is 21.3 Å². The Morgan fingerprint density at radius 2 is 1.89 bits per heavy atom. The largest absolute Gasteiger partial charge is 0.438 e. The normalized spacial score (nSPS) is 13.0. The maximum atomic E-state index is 13.3. The van der Waals surface area contributed by atoms with Crippen molar-refractivity contribution < 1.29 is 14.3 Å². The molecule has 3 aromatic heterocycles. The molecule has 0 atom stereocenters. The van der Waals surface area contributed by atoms with Gasteiger partial charge in [0.15, 0.2) is 0 Å². The number of hydrogen-bond donors (Lipinski definition) is 2. The first-order chi connectivity index (χ1) is 18.0. The highest BCUT2D eigenvalue weighted by atomic mass is 32.1. The Hall–Kier alpha value is -4.75. The third kappa shape index (κ3) is 4.72. The molecule has 4 aromatic rings. The number of thiophene rings is 1. The molecule has 10 heteroatoms. The molecule has 37 heavy (non-hydrogen) atoms. The number of carbonyl (C=O) groups is 2. The number of nitrogens with two attached hydrogens (primary N) is 1. The van der Waals surface area contributed by atoms with Crippen LogP contribution in [0.2, 0.25) is 0 Å². The van der Waals surface area contributed by atoms with Gasteiger partial charge in [-0.2, -0.15) is 10.2 Å².